The number of aliphatic hydroxyl groups excluding tert-OH is 1. The van der Waals surface area contributed by atoms with Crippen molar-refractivity contribution in [2.45, 2.75) is 37.4 Å². The van der Waals surface area contributed by atoms with Gasteiger partial charge in [0.1, 0.15) is 5.60 Å². The van der Waals surface area contributed by atoms with E-state index in [2.05, 4.69) is 0 Å². The van der Waals surface area contributed by atoms with E-state index in [4.69, 9.17) is 0 Å². The molecule has 110 valence electrons. The Morgan fingerprint density at radius 1 is 0.810 bits per heavy atom. The molecular weight excluding hydrogens is 260 g/mol. The molecule has 0 heterocycles. The summed E-state index contributed by atoms with van der Waals surface area (Å²) in [5.41, 5.74) is 0.184. The number of aliphatic hydroxyl groups is 2. The highest BCUT2D eigenvalue weighted by atomic mass is 16.3. The van der Waals surface area contributed by atoms with Crippen LogP contribution in [0.25, 0.3) is 0 Å². The van der Waals surface area contributed by atoms with Crippen LogP contribution in [0, 0.1) is 5.92 Å². The van der Waals surface area contributed by atoms with Crippen LogP contribution in [-0.4, -0.2) is 16.3 Å². The molecule has 3 rings (SSSR count). The summed E-state index contributed by atoms with van der Waals surface area (Å²) >= 11 is 0. The molecule has 2 aromatic rings. The maximum Gasteiger partial charge on any atom is 0.141 e. The first kappa shape index (κ1) is 14.3. The molecule has 0 bridgehead atoms. The van der Waals surface area contributed by atoms with Crippen molar-refractivity contribution in [2.75, 3.05) is 0 Å². The molecule has 2 N–H and O–H groups in total. The van der Waals surface area contributed by atoms with Crippen molar-refractivity contribution in [1.82, 2.24) is 0 Å². The van der Waals surface area contributed by atoms with Gasteiger partial charge in [0, 0.05) is 0 Å². The lowest BCUT2D eigenvalue weighted by Gasteiger charge is -2.37. The van der Waals surface area contributed by atoms with Crippen LogP contribution in [0.1, 0.15) is 36.8 Å². The predicted octanol–water partition coefficient (Wildman–Crippen LogP) is 3.47. The highest BCUT2D eigenvalue weighted by molar-refractivity contribution is 5.37. The van der Waals surface area contributed by atoms with E-state index < -0.39 is 11.7 Å². The van der Waals surface area contributed by atoms with Crippen molar-refractivity contribution in [3.05, 3.63) is 71.8 Å². The second-order valence-corrected chi connectivity index (χ2v) is 5.99. The molecule has 2 nitrogen and oxygen atoms in total. The molecule has 0 aromatic heterocycles. The van der Waals surface area contributed by atoms with E-state index in [0.29, 0.717) is 0 Å². The maximum absolute atomic E-state index is 11.4. The average molecular weight is 282 g/mol. The first-order valence-corrected chi connectivity index (χ1v) is 7.74. The van der Waals surface area contributed by atoms with Crippen LogP contribution in [0.4, 0.5) is 0 Å². The summed E-state index contributed by atoms with van der Waals surface area (Å²) in [4.78, 5) is 0. The summed E-state index contributed by atoms with van der Waals surface area (Å²) < 4.78 is 0. The monoisotopic (exact) mass is 282 g/mol. The third-order valence-electron chi connectivity index (χ3n) is 4.70. The van der Waals surface area contributed by atoms with Gasteiger partial charge in [-0.05, 0) is 29.9 Å². The van der Waals surface area contributed by atoms with E-state index in [0.717, 1.165) is 36.8 Å². The highest BCUT2D eigenvalue weighted by Crippen LogP contribution is 2.40. The lowest BCUT2D eigenvalue weighted by atomic mass is 9.76. The minimum absolute atomic E-state index is 0.162. The van der Waals surface area contributed by atoms with Crippen LogP contribution >= 0.6 is 0 Å². The molecular formula is C19H22O2. The van der Waals surface area contributed by atoms with Gasteiger partial charge in [0.2, 0.25) is 0 Å². The summed E-state index contributed by atoms with van der Waals surface area (Å²) in [6.07, 6.45) is 3.49. The standard InChI is InChI=1S/C19H22O2/c20-18(15-9-7-8-10-15)19(21,16-11-3-1-4-12-16)17-13-5-2-6-14-17/h1-6,11-15,18,20-21H,7-10H2. The Kier molecular flexibility index (Phi) is 4.09. The molecule has 0 radical (unpaired) electrons. The van der Waals surface area contributed by atoms with Crippen LogP contribution in [-0.2, 0) is 5.60 Å². The van der Waals surface area contributed by atoms with Crippen molar-refractivity contribution < 1.29 is 10.2 Å². The van der Waals surface area contributed by atoms with E-state index >= 15 is 0 Å². The quantitative estimate of drug-likeness (QED) is 0.901. The van der Waals surface area contributed by atoms with Gasteiger partial charge in [-0.3, -0.25) is 0 Å². The smallest absolute Gasteiger partial charge is 0.141 e. The van der Waals surface area contributed by atoms with Crippen LogP contribution < -0.4 is 0 Å². The second-order valence-electron chi connectivity index (χ2n) is 5.99. The minimum atomic E-state index is -1.34. The Morgan fingerprint density at radius 3 is 1.67 bits per heavy atom. The van der Waals surface area contributed by atoms with Crippen molar-refractivity contribution in [3.8, 4) is 0 Å². The van der Waals surface area contributed by atoms with Crippen molar-refractivity contribution in [3.63, 3.8) is 0 Å². The minimum Gasteiger partial charge on any atom is -0.389 e. The fraction of sp³-hybridized carbons (Fsp3) is 0.368. The zero-order chi connectivity index (χ0) is 14.7. The topological polar surface area (TPSA) is 40.5 Å². The van der Waals surface area contributed by atoms with Gasteiger partial charge in [-0.1, -0.05) is 73.5 Å². The molecule has 21 heavy (non-hydrogen) atoms. The fourth-order valence-electron chi connectivity index (χ4n) is 3.51. The Morgan fingerprint density at radius 2 is 1.24 bits per heavy atom. The summed E-state index contributed by atoms with van der Waals surface area (Å²) in [5.74, 6) is 0.162. The fourth-order valence-corrected chi connectivity index (χ4v) is 3.51. The molecule has 0 amide bonds. The van der Waals surface area contributed by atoms with Crippen LogP contribution in [0.5, 0.6) is 0 Å². The second kappa shape index (κ2) is 6.00. The molecule has 2 aromatic carbocycles. The van der Waals surface area contributed by atoms with Crippen molar-refractivity contribution in [1.29, 1.82) is 0 Å². The maximum atomic E-state index is 11.4. The molecule has 0 aliphatic heterocycles. The molecule has 1 aliphatic carbocycles. The van der Waals surface area contributed by atoms with Gasteiger partial charge >= 0.3 is 0 Å². The molecule has 1 saturated carbocycles. The Hall–Kier alpha value is -1.64. The number of rotatable bonds is 4. The summed E-state index contributed by atoms with van der Waals surface area (Å²) in [6.45, 7) is 0. The van der Waals surface area contributed by atoms with E-state index in [-0.39, 0.29) is 5.92 Å². The number of hydrogen-bond donors (Lipinski definition) is 2. The number of benzene rings is 2. The van der Waals surface area contributed by atoms with Gasteiger partial charge in [0.05, 0.1) is 6.10 Å². The summed E-state index contributed by atoms with van der Waals surface area (Å²) in [5, 5.41) is 22.4. The van der Waals surface area contributed by atoms with Gasteiger partial charge in [-0.2, -0.15) is 0 Å². The molecule has 1 atom stereocenters. The van der Waals surface area contributed by atoms with Crippen molar-refractivity contribution in [2.24, 2.45) is 5.92 Å². The summed E-state index contributed by atoms with van der Waals surface area (Å²) in [6, 6.07) is 19.1. The average Bonchev–Trinajstić information content (AvgIpc) is 3.09. The van der Waals surface area contributed by atoms with Gasteiger partial charge < -0.3 is 10.2 Å². The lowest BCUT2D eigenvalue weighted by molar-refractivity contribution is -0.0775. The molecule has 0 spiro atoms. The first-order chi connectivity index (χ1) is 10.2. The highest BCUT2D eigenvalue weighted by Gasteiger charge is 2.43. The van der Waals surface area contributed by atoms with Gasteiger partial charge in [-0.25, -0.2) is 0 Å². The lowest BCUT2D eigenvalue weighted by Crippen LogP contribution is -2.44. The molecule has 1 fully saturated rings. The SMILES string of the molecule is OC(C1CCCC1)C(O)(c1ccccc1)c1ccccc1. The van der Waals surface area contributed by atoms with Crippen molar-refractivity contribution >= 4 is 0 Å². The normalized spacial score (nSPS) is 17.8. The van der Waals surface area contributed by atoms with E-state index in [1.807, 2.05) is 60.7 Å². The van der Waals surface area contributed by atoms with Gasteiger partial charge in [-0.15, -0.1) is 0 Å². The van der Waals surface area contributed by atoms with Gasteiger partial charge in [0.25, 0.3) is 0 Å². The van der Waals surface area contributed by atoms with Crippen LogP contribution in [0.3, 0.4) is 0 Å². The number of hydrogen-bond acceptors (Lipinski definition) is 2. The summed E-state index contributed by atoms with van der Waals surface area (Å²) in [7, 11) is 0. The predicted molar refractivity (Wildman–Crippen MR) is 83.8 cm³/mol. The van der Waals surface area contributed by atoms with Gasteiger partial charge in [0.15, 0.2) is 0 Å². The molecule has 2 heteroatoms. The van der Waals surface area contributed by atoms with E-state index in [1.165, 1.54) is 0 Å². The first-order valence-electron chi connectivity index (χ1n) is 7.74. The van der Waals surface area contributed by atoms with E-state index in [9.17, 15) is 10.2 Å². The zero-order valence-corrected chi connectivity index (χ0v) is 12.2. The molecule has 1 aliphatic rings. The largest absolute Gasteiger partial charge is 0.389 e. The third-order valence-corrected chi connectivity index (χ3v) is 4.70. The Balaban J connectivity index is 2.06. The third kappa shape index (κ3) is 2.61. The molecule has 0 saturated heterocycles. The molecule has 1 unspecified atom stereocenters. The van der Waals surface area contributed by atoms with Crippen LogP contribution in [0.2, 0.25) is 0 Å². The van der Waals surface area contributed by atoms with E-state index in [1.54, 1.807) is 0 Å². The Bertz CT molecular complexity index is 519. The van der Waals surface area contributed by atoms with Crippen LogP contribution in [0.15, 0.2) is 60.7 Å². The zero-order valence-electron chi connectivity index (χ0n) is 12.2. The Labute approximate surface area is 126 Å².